The molecule has 0 saturated heterocycles. The van der Waals surface area contributed by atoms with Gasteiger partial charge in [0.15, 0.2) is 0 Å². The van der Waals surface area contributed by atoms with E-state index in [0.29, 0.717) is 10.7 Å². The highest BCUT2D eigenvalue weighted by Gasteiger charge is 2.04. The second-order valence-corrected chi connectivity index (χ2v) is 5.35. The molecule has 0 radical (unpaired) electrons. The summed E-state index contributed by atoms with van der Waals surface area (Å²) in [4.78, 5) is 2.25. The Balaban J connectivity index is 1.98. The minimum absolute atomic E-state index is 0.620. The maximum Gasteiger partial charge on any atom is 0.0635 e. The molecule has 0 atom stereocenters. The first-order valence-electron chi connectivity index (χ1n) is 5.38. The van der Waals surface area contributed by atoms with Gasteiger partial charge in [-0.05, 0) is 47.1 Å². The number of nitrogens with zero attached hydrogens (tertiary/aromatic N) is 1. The molecular formula is C13H15ClN2S. The van der Waals surface area contributed by atoms with Crippen LogP contribution in [0.2, 0.25) is 5.02 Å². The third kappa shape index (κ3) is 3.46. The van der Waals surface area contributed by atoms with Gasteiger partial charge in [0.1, 0.15) is 0 Å². The molecule has 0 aliphatic carbocycles. The van der Waals surface area contributed by atoms with Crippen LogP contribution in [0.25, 0.3) is 0 Å². The Morgan fingerprint density at radius 2 is 2.00 bits per heavy atom. The van der Waals surface area contributed by atoms with Gasteiger partial charge in [-0.2, -0.15) is 11.3 Å². The minimum atomic E-state index is 0.620. The smallest absolute Gasteiger partial charge is 0.0635 e. The lowest BCUT2D eigenvalue weighted by atomic mass is 10.2. The van der Waals surface area contributed by atoms with E-state index in [1.54, 1.807) is 11.3 Å². The maximum atomic E-state index is 5.90. The predicted octanol–water partition coefficient (Wildman–Crippen LogP) is 3.62. The highest BCUT2D eigenvalue weighted by atomic mass is 35.5. The summed E-state index contributed by atoms with van der Waals surface area (Å²) in [6, 6.07) is 7.96. The number of thiophene rings is 1. The second-order valence-electron chi connectivity index (χ2n) is 4.16. The summed E-state index contributed by atoms with van der Waals surface area (Å²) < 4.78 is 0. The van der Waals surface area contributed by atoms with Gasteiger partial charge in [-0.25, -0.2) is 0 Å². The lowest BCUT2D eigenvalue weighted by Gasteiger charge is -2.16. The molecule has 0 aliphatic heterocycles. The molecule has 1 aromatic carbocycles. The Kier molecular flexibility index (Phi) is 4.05. The average molecular weight is 267 g/mol. The van der Waals surface area contributed by atoms with Crippen molar-refractivity contribution in [3.63, 3.8) is 0 Å². The van der Waals surface area contributed by atoms with E-state index in [9.17, 15) is 0 Å². The Labute approximate surface area is 111 Å². The van der Waals surface area contributed by atoms with Crippen LogP contribution in [0.3, 0.4) is 0 Å². The number of nitrogen functional groups attached to an aromatic ring is 1. The number of nitrogens with two attached hydrogens (primary N) is 1. The Morgan fingerprint density at radius 3 is 2.65 bits per heavy atom. The van der Waals surface area contributed by atoms with Gasteiger partial charge in [-0.1, -0.05) is 17.7 Å². The molecule has 2 N–H and O–H groups in total. The van der Waals surface area contributed by atoms with E-state index in [1.807, 2.05) is 18.2 Å². The van der Waals surface area contributed by atoms with Crippen LogP contribution < -0.4 is 5.73 Å². The van der Waals surface area contributed by atoms with Gasteiger partial charge in [-0.15, -0.1) is 0 Å². The number of benzene rings is 1. The maximum absolute atomic E-state index is 5.90. The molecule has 2 rings (SSSR count). The zero-order valence-corrected chi connectivity index (χ0v) is 11.3. The first-order valence-corrected chi connectivity index (χ1v) is 6.71. The zero-order chi connectivity index (χ0) is 12.3. The molecule has 0 unspecified atom stereocenters. The van der Waals surface area contributed by atoms with Crippen molar-refractivity contribution in [1.82, 2.24) is 4.90 Å². The highest BCUT2D eigenvalue weighted by Crippen LogP contribution is 2.20. The van der Waals surface area contributed by atoms with Gasteiger partial charge in [0.25, 0.3) is 0 Å². The quantitative estimate of drug-likeness (QED) is 0.857. The Morgan fingerprint density at radius 1 is 1.24 bits per heavy atom. The van der Waals surface area contributed by atoms with Gasteiger partial charge >= 0.3 is 0 Å². The Bertz CT molecular complexity index is 482. The molecule has 0 spiro atoms. The predicted molar refractivity (Wildman–Crippen MR) is 75.4 cm³/mol. The van der Waals surface area contributed by atoms with Gasteiger partial charge in [0.05, 0.1) is 10.7 Å². The van der Waals surface area contributed by atoms with E-state index in [4.69, 9.17) is 17.3 Å². The fraction of sp³-hybridized carbons (Fsp3) is 0.231. The zero-order valence-electron chi connectivity index (χ0n) is 9.69. The van der Waals surface area contributed by atoms with Gasteiger partial charge in [0, 0.05) is 13.1 Å². The molecule has 2 aromatic rings. The Hall–Kier alpha value is -1.03. The van der Waals surface area contributed by atoms with Crippen molar-refractivity contribution in [2.24, 2.45) is 0 Å². The molecule has 0 fully saturated rings. The largest absolute Gasteiger partial charge is 0.398 e. The lowest BCUT2D eigenvalue weighted by Crippen LogP contribution is -2.16. The molecular weight excluding hydrogens is 252 g/mol. The molecule has 1 aromatic heterocycles. The van der Waals surface area contributed by atoms with Crippen LogP contribution in [-0.2, 0) is 13.1 Å². The van der Waals surface area contributed by atoms with Crippen molar-refractivity contribution in [2.75, 3.05) is 12.8 Å². The number of hydrogen-bond donors (Lipinski definition) is 1. The van der Waals surface area contributed by atoms with Crippen LogP contribution in [0.1, 0.15) is 11.1 Å². The molecule has 0 aliphatic rings. The summed E-state index contributed by atoms with van der Waals surface area (Å²) in [6.07, 6.45) is 0. The summed E-state index contributed by atoms with van der Waals surface area (Å²) >= 11 is 7.62. The van der Waals surface area contributed by atoms with Crippen LogP contribution >= 0.6 is 22.9 Å². The van der Waals surface area contributed by atoms with E-state index < -0.39 is 0 Å². The molecule has 2 nitrogen and oxygen atoms in total. The first kappa shape index (κ1) is 12.4. The standard InChI is InChI=1S/C13H15ClN2S/c1-16(8-11-4-5-17-9-11)7-10-2-3-12(14)13(15)6-10/h2-6,9H,7-8,15H2,1H3. The summed E-state index contributed by atoms with van der Waals surface area (Å²) in [5.74, 6) is 0. The SMILES string of the molecule is CN(Cc1ccsc1)Cc1ccc(Cl)c(N)c1. The summed E-state index contributed by atoms with van der Waals surface area (Å²) in [5.41, 5.74) is 8.96. The van der Waals surface area contributed by atoms with E-state index >= 15 is 0 Å². The fourth-order valence-corrected chi connectivity index (χ4v) is 2.53. The van der Waals surface area contributed by atoms with E-state index in [1.165, 1.54) is 11.1 Å². The number of rotatable bonds is 4. The average Bonchev–Trinajstić information content (AvgIpc) is 2.76. The molecule has 17 heavy (non-hydrogen) atoms. The first-order chi connectivity index (χ1) is 8.15. The van der Waals surface area contributed by atoms with Gasteiger partial charge < -0.3 is 5.73 Å². The monoisotopic (exact) mass is 266 g/mol. The summed E-state index contributed by atoms with van der Waals surface area (Å²) in [5, 5.41) is 4.89. The topological polar surface area (TPSA) is 29.3 Å². The third-order valence-corrected chi connectivity index (χ3v) is 3.62. The van der Waals surface area contributed by atoms with Crippen molar-refractivity contribution >= 4 is 28.6 Å². The number of hydrogen-bond acceptors (Lipinski definition) is 3. The van der Waals surface area contributed by atoms with Crippen LogP contribution in [0.15, 0.2) is 35.0 Å². The van der Waals surface area contributed by atoms with Crippen molar-refractivity contribution in [1.29, 1.82) is 0 Å². The van der Waals surface area contributed by atoms with E-state index in [-0.39, 0.29) is 0 Å². The fourth-order valence-electron chi connectivity index (χ4n) is 1.75. The van der Waals surface area contributed by atoms with Crippen LogP contribution in [-0.4, -0.2) is 11.9 Å². The van der Waals surface area contributed by atoms with Crippen molar-refractivity contribution in [3.05, 3.63) is 51.2 Å². The highest BCUT2D eigenvalue weighted by molar-refractivity contribution is 7.07. The van der Waals surface area contributed by atoms with Gasteiger partial charge in [-0.3, -0.25) is 4.90 Å². The van der Waals surface area contributed by atoms with Crippen molar-refractivity contribution in [3.8, 4) is 0 Å². The van der Waals surface area contributed by atoms with Crippen LogP contribution in [0.4, 0.5) is 5.69 Å². The summed E-state index contributed by atoms with van der Waals surface area (Å²) in [6.45, 7) is 1.82. The molecule has 0 saturated carbocycles. The van der Waals surface area contributed by atoms with Crippen LogP contribution in [0, 0.1) is 0 Å². The normalized spacial score (nSPS) is 11.0. The minimum Gasteiger partial charge on any atom is -0.398 e. The molecule has 0 bridgehead atoms. The second kappa shape index (κ2) is 5.54. The molecule has 1 heterocycles. The summed E-state index contributed by atoms with van der Waals surface area (Å²) in [7, 11) is 2.10. The van der Waals surface area contributed by atoms with Crippen LogP contribution in [0.5, 0.6) is 0 Å². The van der Waals surface area contributed by atoms with Gasteiger partial charge in [0.2, 0.25) is 0 Å². The van der Waals surface area contributed by atoms with Crippen molar-refractivity contribution < 1.29 is 0 Å². The van der Waals surface area contributed by atoms with E-state index in [0.717, 1.165) is 13.1 Å². The number of halogens is 1. The number of anilines is 1. The third-order valence-electron chi connectivity index (χ3n) is 2.55. The van der Waals surface area contributed by atoms with E-state index in [2.05, 4.69) is 28.8 Å². The lowest BCUT2D eigenvalue weighted by molar-refractivity contribution is 0.319. The molecule has 4 heteroatoms. The van der Waals surface area contributed by atoms with Crippen molar-refractivity contribution in [2.45, 2.75) is 13.1 Å². The molecule has 0 amide bonds. The molecule has 90 valence electrons.